The molecule has 0 fully saturated rings. The number of aromatic carboxylic acids is 1. The molecule has 0 radical (unpaired) electrons. The van der Waals surface area contributed by atoms with E-state index < -0.39 is 17.2 Å². The maximum absolute atomic E-state index is 12.0. The Balaban J connectivity index is 2.96. The molecule has 0 saturated heterocycles. The molecule has 0 saturated carbocycles. The second kappa shape index (κ2) is 5.40. The molecule has 1 aromatic carbocycles. The van der Waals surface area contributed by atoms with Crippen LogP contribution in [0.5, 0.6) is 5.75 Å². The molecule has 2 aromatic rings. The lowest BCUT2D eigenvalue weighted by atomic mass is 9.98. The van der Waals surface area contributed by atoms with Gasteiger partial charge >= 0.3 is 5.97 Å². The smallest absolute Gasteiger partial charge is 0.371 e. The van der Waals surface area contributed by atoms with Crippen LogP contribution in [0.2, 0.25) is 0 Å². The molecule has 6 nitrogen and oxygen atoms in total. The maximum atomic E-state index is 12.0. The van der Waals surface area contributed by atoms with Gasteiger partial charge in [0.05, 0.1) is 10.9 Å². The first-order chi connectivity index (χ1) is 9.86. The molecule has 2 N–H and O–H groups in total. The number of hydrogen-bond acceptors (Lipinski definition) is 5. The monoisotopic (exact) mass is 290 g/mol. The summed E-state index contributed by atoms with van der Waals surface area (Å²) < 4.78 is 5.23. The van der Waals surface area contributed by atoms with Crippen molar-refractivity contribution in [3.8, 4) is 5.75 Å². The van der Waals surface area contributed by atoms with E-state index in [0.717, 1.165) is 6.07 Å². The summed E-state index contributed by atoms with van der Waals surface area (Å²) in [5.74, 6) is -2.51. The van der Waals surface area contributed by atoms with Crippen molar-refractivity contribution >= 4 is 22.7 Å². The SMILES string of the molecule is CCCc1c(O)c(C(C)=O)cc2c(=O)cc(C(=O)O)oc12. The van der Waals surface area contributed by atoms with Gasteiger partial charge in [-0.25, -0.2) is 4.79 Å². The average Bonchev–Trinajstić information content (AvgIpc) is 2.41. The summed E-state index contributed by atoms with van der Waals surface area (Å²) in [6.45, 7) is 3.13. The lowest BCUT2D eigenvalue weighted by Crippen LogP contribution is -2.09. The van der Waals surface area contributed by atoms with Gasteiger partial charge in [0, 0.05) is 11.6 Å². The number of carbonyl (C=O) groups is 2. The number of carbonyl (C=O) groups excluding carboxylic acids is 1. The van der Waals surface area contributed by atoms with E-state index in [9.17, 15) is 19.5 Å². The number of aromatic hydroxyl groups is 1. The molecular formula is C15H14O6. The van der Waals surface area contributed by atoms with E-state index in [0.29, 0.717) is 12.8 Å². The van der Waals surface area contributed by atoms with E-state index in [1.165, 1.54) is 13.0 Å². The lowest BCUT2D eigenvalue weighted by Gasteiger charge is -2.11. The van der Waals surface area contributed by atoms with Gasteiger partial charge in [-0.05, 0) is 19.4 Å². The summed E-state index contributed by atoms with van der Waals surface area (Å²) in [5, 5.41) is 19.2. The van der Waals surface area contributed by atoms with Crippen molar-refractivity contribution in [2.45, 2.75) is 26.7 Å². The zero-order chi connectivity index (χ0) is 15.7. The Bertz CT molecular complexity index is 800. The largest absolute Gasteiger partial charge is 0.507 e. The molecule has 1 aromatic heterocycles. The summed E-state index contributed by atoms with van der Waals surface area (Å²) >= 11 is 0. The predicted molar refractivity (Wildman–Crippen MR) is 75.1 cm³/mol. The van der Waals surface area contributed by atoms with E-state index in [1.807, 2.05) is 6.92 Å². The van der Waals surface area contributed by atoms with Gasteiger partial charge in [0.2, 0.25) is 5.76 Å². The van der Waals surface area contributed by atoms with Gasteiger partial charge in [-0.15, -0.1) is 0 Å². The first kappa shape index (κ1) is 14.8. The number of phenolic OH excluding ortho intramolecular Hbond substituents is 1. The normalized spacial score (nSPS) is 10.8. The van der Waals surface area contributed by atoms with Crippen LogP contribution in [0, 0.1) is 0 Å². The zero-order valence-electron chi connectivity index (χ0n) is 11.6. The summed E-state index contributed by atoms with van der Waals surface area (Å²) in [7, 11) is 0. The second-order valence-corrected chi connectivity index (χ2v) is 4.71. The summed E-state index contributed by atoms with van der Waals surface area (Å²) in [6.07, 6.45) is 0.987. The van der Waals surface area contributed by atoms with Crippen LogP contribution in [0.3, 0.4) is 0 Å². The Labute approximate surface area is 119 Å². The summed E-state index contributed by atoms with van der Waals surface area (Å²) in [4.78, 5) is 34.6. The highest BCUT2D eigenvalue weighted by Crippen LogP contribution is 2.32. The van der Waals surface area contributed by atoms with E-state index in [2.05, 4.69) is 0 Å². The number of hydrogen-bond donors (Lipinski definition) is 2. The van der Waals surface area contributed by atoms with Gasteiger partial charge in [-0.2, -0.15) is 0 Å². The third kappa shape index (κ3) is 2.52. The fraction of sp³-hybridized carbons (Fsp3) is 0.267. The summed E-state index contributed by atoms with van der Waals surface area (Å²) in [5.41, 5.74) is -0.237. The highest BCUT2D eigenvalue weighted by molar-refractivity contribution is 6.02. The first-order valence-electron chi connectivity index (χ1n) is 6.43. The molecule has 110 valence electrons. The molecule has 2 rings (SSSR count). The molecule has 0 bridgehead atoms. The lowest BCUT2D eigenvalue weighted by molar-refractivity contribution is 0.0662. The Hall–Kier alpha value is -2.63. The second-order valence-electron chi connectivity index (χ2n) is 4.71. The van der Waals surface area contributed by atoms with Crippen molar-refractivity contribution in [2.75, 3.05) is 0 Å². The molecule has 0 aliphatic heterocycles. The Kier molecular flexibility index (Phi) is 3.80. The van der Waals surface area contributed by atoms with Crippen molar-refractivity contribution < 1.29 is 24.2 Å². The standard InChI is InChI=1S/C15H14O6/c1-3-4-8-13(18)9(7(2)16)5-10-11(17)6-12(15(19)20)21-14(8)10/h5-6,18H,3-4H2,1-2H3,(H,19,20). The number of phenols is 1. The molecule has 21 heavy (non-hydrogen) atoms. The van der Waals surface area contributed by atoms with Gasteiger partial charge in [-0.3, -0.25) is 9.59 Å². The number of ketones is 1. The van der Waals surface area contributed by atoms with Crippen molar-refractivity contribution in [2.24, 2.45) is 0 Å². The third-order valence-corrected chi connectivity index (χ3v) is 3.18. The fourth-order valence-corrected chi connectivity index (χ4v) is 2.20. The molecule has 0 aliphatic carbocycles. The van der Waals surface area contributed by atoms with Crippen LogP contribution < -0.4 is 5.43 Å². The van der Waals surface area contributed by atoms with Gasteiger partial charge in [0.15, 0.2) is 11.2 Å². The highest BCUT2D eigenvalue weighted by Gasteiger charge is 2.20. The Morgan fingerprint density at radius 2 is 1.95 bits per heavy atom. The van der Waals surface area contributed by atoms with Crippen molar-refractivity contribution in [3.05, 3.63) is 39.2 Å². The molecule has 0 unspecified atom stereocenters. The van der Waals surface area contributed by atoms with Crippen LogP contribution >= 0.6 is 0 Å². The van der Waals surface area contributed by atoms with Crippen molar-refractivity contribution in [1.29, 1.82) is 0 Å². The molecule has 0 aliphatic rings. The van der Waals surface area contributed by atoms with E-state index in [-0.39, 0.29) is 33.6 Å². The van der Waals surface area contributed by atoms with Gasteiger partial charge < -0.3 is 14.6 Å². The van der Waals surface area contributed by atoms with Crippen molar-refractivity contribution in [1.82, 2.24) is 0 Å². The summed E-state index contributed by atoms with van der Waals surface area (Å²) in [6, 6.07) is 2.10. The Morgan fingerprint density at radius 1 is 1.29 bits per heavy atom. The fourth-order valence-electron chi connectivity index (χ4n) is 2.20. The molecule has 6 heteroatoms. The van der Waals surface area contributed by atoms with Crippen LogP contribution in [0.4, 0.5) is 0 Å². The number of benzene rings is 1. The van der Waals surface area contributed by atoms with E-state index in [4.69, 9.17) is 9.52 Å². The van der Waals surface area contributed by atoms with E-state index in [1.54, 1.807) is 0 Å². The molecule has 0 amide bonds. The molecule has 1 heterocycles. The zero-order valence-corrected chi connectivity index (χ0v) is 11.6. The Morgan fingerprint density at radius 3 is 2.48 bits per heavy atom. The minimum absolute atomic E-state index is 0.0178. The van der Waals surface area contributed by atoms with Crippen LogP contribution in [0.25, 0.3) is 11.0 Å². The van der Waals surface area contributed by atoms with Crippen LogP contribution in [0.15, 0.2) is 21.3 Å². The third-order valence-electron chi connectivity index (χ3n) is 3.18. The molecule has 0 atom stereocenters. The molecular weight excluding hydrogens is 276 g/mol. The number of carboxylic acid groups (broad SMARTS) is 1. The minimum atomic E-state index is -1.37. The van der Waals surface area contributed by atoms with Crippen molar-refractivity contribution in [3.63, 3.8) is 0 Å². The van der Waals surface area contributed by atoms with Gasteiger partial charge in [0.1, 0.15) is 11.3 Å². The maximum Gasteiger partial charge on any atom is 0.371 e. The van der Waals surface area contributed by atoms with Crippen LogP contribution in [-0.2, 0) is 6.42 Å². The number of carboxylic acids is 1. The number of fused-ring (bicyclic) bond motifs is 1. The first-order valence-corrected chi connectivity index (χ1v) is 6.43. The molecule has 0 spiro atoms. The predicted octanol–water partition coefficient (Wildman–Crippen LogP) is 2.35. The van der Waals surface area contributed by atoms with Gasteiger partial charge in [0.25, 0.3) is 0 Å². The number of rotatable bonds is 4. The average molecular weight is 290 g/mol. The topological polar surface area (TPSA) is 105 Å². The van der Waals surface area contributed by atoms with Crippen LogP contribution in [0.1, 0.15) is 46.7 Å². The van der Waals surface area contributed by atoms with Gasteiger partial charge in [-0.1, -0.05) is 13.3 Å². The number of aryl methyl sites for hydroxylation is 1. The minimum Gasteiger partial charge on any atom is -0.507 e. The highest BCUT2D eigenvalue weighted by atomic mass is 16.4. The quantitative estimate of drug-likeness (QED) is 0.837. The number of Topliss-reactive ketones (excluding diaryl/α,β-unsaturated/α-hetero) is 1. The van der Waals surface area contributed by atoms with E-state index >= 15 is 0 Å². The van der Waals surface area contributed by atoms with Crippen LogP contribution in [-0.4, -0.2) is 22.0 Å².